The SMILES string of the molecule is Cc1cc2nc(/C=C/C3=CCC=C3)n(Cc3ccc(Cl)cc3)c2cc1C.Cc1cc2nc(CCC3CCCC3)n(Cc3ccc(Cl)cc3)c2cc1C.Cc1cc2nc(CCCc3ccccc3)n(Cc3ccc(Cl)cc3)c2cc1C.Cc1ccc(Cn2c(CC3CCCC3)nc3cc(C)c(C)cc32)cc1. The molecule has 0 saturated heterocycles. The maximum absolute atomic E-state index is 6.07. The Bertz CT molecular complexity index is 5230. The van der Waals surface area contributed by atoms with E-state index in [1.165, 1.54) is 175 Å². The second-order valence-corrected chi connectivity index (χ2v) is 31.3. The van der Waals surface area contributed by atoms with Crippen LogP contribution in [-0.2, 0) is 51.9 Å². The van der Waals surface area contributed by atoms with Gasteiger partial charge < -0.3 is 18.3 Å². The molecule has 4 heterocycles. The molecule has 9 aromatic carbocycles. The Morgan fingerprint density at radius 3 is 1.20 bits per heavy atom. The van der Waals surface area contributed by atoms with Crippen LogP contribution >= 0.6 is 34.8 Å². The minimum atomic E-state index is 0.760. The average Bonchev–Trinajstić information content (AvgIpc) is 1.67. The lowest BCUT2D eigenvalue weighted by molar-refractivity contribution is 0.492. The molecular weight excluding hydrogens is 1350 g/mol. The van der Waals surface area contributed by atoms with Gasteiger partial charge in [0.25, 0.3) is 0 Å². The van der Waals surface area contributed by atoms with Crippen LogP contribution < -0.4 is 0 Å². The lowest BCUT2D eigenvalue weighted by Crippen LogP contribution is -2.09. The van der Waals surface area contributed by atoms with Crippen molar-refractivity contribution in [2.45, 2.75) is 185 Å². The molecule has 4 aromatic heterocycles. The monoisotopic (exact) mass is 1450 g/mol. The van der Waals surface area contributed by atoms with E-state index in [1.807, 2.05) is 36.4 Å². The van der Waals surface area contributed by atoms with E-state index in [0.717, 1.165) is 125 Å². The van der Waals surface area contributed by atoms with Crippen molar-refractivity contribution in [2.24, 2.45) is 11.8 Å². The van der Waals surface area contributed by atoms with Gasteiger partial charge in [-0.1, -0.05) is 207 Å². The summed E-state index contributed by atoms with van der Waals surface area (Å²) in [5.74, 6) is 6.34. The Morgan fingerprint density at radius 2 is 0.752 bits per heavy atom. The molecule has 0 unspecified atom stereocenters. The molecule has 0 amide bonds. The first-order chi connectivity index (χ1) is 50.9. The van der Waals surface area contributed by atoms with Crippen molar-refractivity contribution < 1.29 is 0 Å². The summed E-state index contributed by atoms with van der Waals surface area (Å²) in [4.78, 5) is 20.0. The Morgan fingerprint density at radius 1 is 0.371 bits per heavy atom. The molecule has 0 radical (unpaired) electrons. The first-order valence-corrected chi connectivity index (χ1v) is 39.3. The van der Waals surface area contributed by atoms with Gasteiger partial charge in [0.2, 0.25) is 0 Å². The predicted molar refractivity (Wildman–Crippen MR) is 444 cm³/mol. The zero-order valence-corrected chi connectivity index (χ0v) is 65.2. The third-order valence-corrected chi connectivity index (χ3v) is 22.8. The van der Waals surface area contributed by atoms with Crippen molar-refractivity contribution in [1.29, 1.82) is 0 Å². The molecule has 16 rings (SSSR count). The van der Waals surface area contributed by atoms with Gasteiger partial charge in [0, 0.05) is 60.5 Å². The molecule has 0 spiro atoms. The molecule has 2 fully saturated rings. The fourth-order valence-electron chi connectivity index (χ4n) is 15.2. The van der Waals surface area contributed by atoms with Crippen LogP contribution in [0.1, 0.15) is 172 Å². The van der Waals surface area contributed by atoms with Gasteiger partial charge in [-0.25, -0.2) is 19.9 Å². The largest absolute Gasteiger partial charge is 0.323 e. The number of halogens is 3. The highest BCUT2D eigenvalue weighted by atomic mass is 35.5. The van der Waals surface area contributed by atoms with Crippen molar-refractivity contribution >= 4 is 85.0 Å². The predicted octanol–water partition coefficient (Wildman–Crippen LogP) is 25.0. The molecular formula is C94H101Cl3N8. The fourth-order valence-corrected chi connectivity index (χ4v) is 15.6. The number of benzene rings is 9. The van der Waals surface area contributed by atoms with Gasteiger partial charge in [0.1, 0.15) is 23.3 Å². The van der Waals surface area contributed by atoms with Crippen LogP contribution in [0, 0.1) is 74.1 Å². The Balaban J connectivity index is 0.000000124. The third kappa shape index (κ3) is 19.0. The van der Waals surface area contributed by atoms with Gasteiger partial charge in [-0.3, -0.25) is 0 Å². The molecule has 105 heavy (non-hydrogen) atoms. The lowest BCUT2D eigenvalue weighted by Gasteiger charge is -2.13. The van der Waals surface area contributed by atoms with Crippen molar-refractivity contribution in [3.63, 3.8) is 0 Å². The van der Waals surface area contributed by atoms with Crippen molar-refractivity contribution in [1.82, 2.24) is 38.2 Å². The Labute approximate surface area is 637 Å². The summed E-state index contributed by atoms with van der Waals surface area (Å²) in [6.07, 6.45) is 29.5. The van der Waals surface area contributed by atoms with Crippen LogP contribution in [0.4, 0.5) is 0 Å². The molecule has 13 aromatic rings. The Hall–Kier alpha value is -9.05. The van der Waals surface area contributed by atoms with Crippen molar-refractivity contribution in [3.8, 4) is 0 Å². The van der Waals surface area contributed by atoms with Gasteiger partial charge in [-0.15, -0.1) is 0 Å². The number of aryl methyl sites for hydroxylation is 12. The minimum absolute atomic E-state index is 0.760. The van der Waals surface area contributed by atoms with E-state index in [9.17, 15) is 0 Å². The van der Waals surface area contributed by atoms with Gasteiger partial charge >= 0.3 is 0 Å². The number of nitrogens with zero attached hydrogens (tertiary/aromatic N) is 8. The molecule has 0 N–H and O–H groups in total. The van der Waals surface area contributed by atoms with Crippen molar-refractivity contribution in [2.75, 3.05) is 0 Å². The average molecular weight is 1450 g/mol. The number of allylic oxidation sites excluding steroid dienone is 5. The molecule has 2 saturated carbocycles. The van der Waals surface area contributed by atoms with E-state index in [2.05, 4.69) is 250 Å². The van der Waals surface area contributed by atoms with Gasteiger partial charge in [0.05, 0.1) is 44.1 Å². The standard InChI is InChI=1S/C25H25ClN2.C23H27ClN2.C23H21ClN2.C23H28N2/c1-18-15-23-24(16-19(18)2)28(17-21-11-13-22(26)14-12-21)25(27-23)10-6-9-20-7-4-3-5-8-20;2*1-16-13-21-22(14-17(16)2)26(15-19-7-10-20(24)11-8-19)23(25-21)12-9-18-5-3-4-6-18;1-16-8-10-20(11-9-16)15-25-22-13-18(3)17(2)12-21(22)24-23(25)14-19-6-4-5-7-19/h3-5,7-8,11-16H,6,9-10,17H2,1-2H3;7-8,10-11,13-14,18H,3-6,9,12,15H2,1-2H3;3,5-14H,4,15H2,1-2H3;8-13,19H,4-7,14-15H2,1-3H3/b;;12-9+;. The van der Waals surface area contributed by atoms with E-state index >= 15 is 0 Å². The first-order valence-electron chi connectivity index (χ1n) is 38.1. The topological polar surface area (TPSA) is 71.3 Å². The zero-order valence-electron chi connectivity index (χ0n) is 62.9. The molecule has 0 aliphatic heterocycles. The summed E-state index contributed by atoms with van der Waals surface area (Å²) in [7, 11) is 0. The highest BCUT2D eigenvalue weighted by Gasteiger charge is 2.23. The molecule has 0 bridgehead atoms. The molecule has 3 aliphatic rings. The number of fused-ring (bicyclic) bond motifs is 4. The molecule has 0 atom stereocenters. The number of hydrogen-bond acceptors (Lipinski definition) is 4. The second-order valence-electron chi connectivity index (χ2n) is 30.0. The summed E-state index contributed by atoms with van der Waals surface area (Å²) in [6.45, 7) is 22.9. The fraction of sp³-hybridized carbons (Fsp3) is 0.319. The van der Waals surface area contributed by atoms with E-state index in [4.69, 9.17) is 54.7 Å². The molecule has 11 heteroatoms. The summed E-state index contributed by atoms with van der Waals surface area (Å²) < 4.78 is 9.53. The highest BCUT2D eigenvalue weighted by Crippen LogP contribution is 2.34. The van der Waals surface area contributed by atoms with E-state index < -0.39 is 0 Å². The molecule has 538 valence electrons. The second kappa shape index (κ2) is 34.5. The quantitative estimate of drug-likeness (QED) is 0.0809. The van der Waals surface area contributed by atoms with E-state index in [0.29, 0.717) is 0 Å². The molecule has 3 aliphatic carbocycles. The normalized spacial score (nSPS) is 13.8. The highest BCUT2D eigenvalue weighted by molar-refractivity contribution is 6.31. The third-order valence-electron chi connectivity index (χ3n) is 22.1. The number of imidazole rings is 4. The smallest absolute Gasteiger partial charge is 0.134 e. The van der Waals surface area contributed by atoms with Gasteiger partial charge in [-0.05, 0) is 269 Å². The zero-order chi connectivity index (χ0) is 73.1. The summed E-state index contributed by atoms with van der Waals surface area (Å²) in [5, 5.41) is 2.32. The van der Waals surface area contributed by atoms with Crippen LogP contribution in [0.2, 0.25) is 15.1 Å². The van der Waals surface area contributed by atoms with Crippen LogP contribution in [-0.4, -0.2) is 38.2 Å². The van der Waals surface area contributed by atoms with Gasteiger partial charge in [-0.2, -0.15) is 0 Å². The van der Waals surface area contributed by atoms with Crippen LogP contribution in [0.15, 0.2) is 206 Å². The number of rotatable bonds is 19. The summed E-state index contributed by atoms with van der Waals surface area (Å²) in [5.41, 5.74) is 28.8. The Kier molecular flexibility index (Phi) is 24.4. The van der Waals surface area contributed by atoms with E-state index in [1.54, 1.807) is 0 Å². The maximum atomic E-state index is 6.07. The minimum Gasteiger partial charge on any atom is -0.323 e. The van der Waals surface area contributed by atoms with Crippen molar-refractivity contribution in [3.05, 3.63) is 322 Å². The van der Waals surface area contributed by atoms with Crippen LogP contribution in [0.25, 0.3) is 50.2 Å². The first kappa shape index (κ1) is 74.2. The summed E-state index contributed by atoms with van der Waals surface area (Å²) in [6, 6.07) is 62.0. The molecule has 8 nitrogen and oxygen atoms in total. The number of aromatic nitrogens is 8. The van der Waals surface area contributed by atoms with Crippen LogP contribution in [0.5, 0.6) is 0 Å². The van der Waals surface area contributed by atoms with E-state index in [-0.39, 0.29) is 0 Å². The summed E-state index contributed by atoms with van der Waals surface area (Å²) >= 11 is 18.2. The van der Waals surface area contributed by atoms with Crippen LogP contribution in [0.3, 0.4) is 0 Å². The maximum Gasteiger partial charge on any atom is 0.134 e. The van der Waals surface area contributed by atoms with Gasteiger partial charge in [0.15, 0.2) is 0 Å². The lowest BCUT2D eigenvalue weighted by atomic mass is 10.0. The number of hydrogen-bond donors (Lipinski definition) is 0.